The molecule has 2 aromatic rings. The van der Waals surface area contributed by atoms with E-state index in [4.69, 9.17) is 0 Å². The Morgan fingerprint density at radius 2 is 1.81 bits per heavy atom. The first-order valence-electron chi connectivity index (χ1n) is 7.15. The third kappa shape index (κ3) is 4.43. The van der Waals surface area contributed by atoms with Crippen LogP contribution in [-0.4, -0.2) is 16.5 Å². The van der Waals surface area contributed by atoms with Gasteiger partial charge in [0, 0.05) is 28.7 Å². The molecule has 112 valence electrons. The Bertz CT molecular complexity index is 605. The van der Waals surface area contributed by atoms with Crippen LogP contribution in [0.5, 0.6) is 0 Å². The van der Waals surface area contributed by atoms with Crippen molar-refractivity contribution in [2.45, 2.75) is 33.6 Å². The molecule has 0 bridgehead atoms. The van der Waals surface area contributed by atoms with Crippen molar-refractivity contribution in [3.8, 4) is 0 Å². The number of hydrogen-bond donors (Lipinski definition) is 2. The minimum Gasteiger partial charge on any atom is -0.370 e. The van der Waals surface area contributed by atoms with Crippen LogP contribution < -0.4 is 10.6 Å². The van der Waals surface area contributed by atoms with Crippen LogP contribution in [-0.2, 0) is 0 Å². The number of benzene rings is 1. The van der Waals surface area contributed by atoms with E-state index in [1.165, 1.54) is 5.56 Å². The fraction of sp³-hybridized carbons (Fsp3) is 0.375. The molecule has 0 saturated carbocycles. The van der Waals surface area contributed by atoms with Crippen LogP contribution >= 0.6 is 15.9 Å². The van der Waals surface area contributed by atoms with Crippen molar-refractivity contribution < 1.29 is 0 Å². The summed E-state index contributed by atoms with van der Waals surface area (Å²) in [7, 11) is 0. The van der Waals surface area contributed by atoms with Crippen LogP contribution in [0.4, 0.5) is 17.3 Å². The lowest BCUT2D eigenvalue weighted by atomic mass is 10.2. The summed E-state index contributed by atoms with van der Waals surface area (Å²) in [6, 6.07) is 8.15. The molecule has 0 aliphatic carbocycles. The van der Waals surface area contributed by atoms with Crippen molar-refractivity contribution in [3.05, 3.63) is 40.1 Å². The molecule has 1 heterocycles. The Morgan fingerprint density at radius 1 is 1.10 bits per heavy atom. The predicted octanol–water partition coefficient (Wildman–Crippen LogP) is 4.85. The van der Waals surface area contributed by atoms with Gasteiger partial charge in [-0.05, 0) is 37.6 Å². The van der Waals surface area contributed by atoms with E-state index in [0.29, 0.717) is 0 Å². The van der Waals surface area contributed by atoms with Crippen molar-refractivity contribution in [1.82, 2.24) is 9.97 Å². The topological polar surface area (TPSA) is 49.8 Å². The van der Waals surface area contributed by atoms with Gasteiger partial charge in [-0.3, -0.25) is 0 Å². The summed E-state index contributed by atoms with van der Waals surface area (Å²) in [6.07, 6.45) is 0. The molecule has 0 atom stereocenters. The second-order valence-corrected chi connectivity index (χ2v) is 6.24. The number of hydrogen-bond acceptors (Lipinski definition) is 4. The van der Waals surface area contributed by atoms with E-state index in [-0.39, 0.29) is 5.92 Å². The lowest BCUT2D eigenvalue weighted by molar-refractivity contribution is 0.777. The van der Waals surface area contributed by atoms with Crippen molar-refractivity contribution >= 4 is 33.3 Å². The van der Waals surface area contributed by atoms with Crippen molar-refractivity contribution in [1.29, 1.82) is 0 Å². The maximum Gasteiger partial charge on any atom is 0.136 e. The number of rotatable bonds is 5. The van der Waals surface area contributed by atoms with E-state index in [1.807, 2.05) is 12.1 Å². The molecule has 21 heavy (non-hydrogen) atoms. The fourth-order valence-corrected chi connectivity index (χ4v) is 2.62. The molecule has 0 unspecified atom stereocenters. The van der Waals surface area contributed by atoms with Gasteiger partial charge < -0.3 is 10.6 Å². The van der Waals surface area contributed by atoms with Crippen LogP contribution in [0.25, 0.3) is 0 Å². The summed E-state index contributed by atoms with van der Waals surface area (Å²) in [6.45, 7) is 9.15. The minimum absolute atomic E-state index is 0.286. The molecule has 5 heteroatoms. The van der Waals surface area contributed by atoms with E-state index >= 15 is 0 Å². The highest BCUT2D eigenvalue weighted by Gasteiger charge is 2.08. The quantitative estimate of drug-likeness (QED) is 0.810. The predicted molar refractivity (Wildman–Crippen MR) is 92.4 cm³/mol. The lowest BCUT2D eigenvalue weighted by Gasteiger charge is -2.13. The Hall–Kier alpha value is -1.62. The number of aromatic nitrogens is 2. The van der Waals surface area contributed by atoms with Crippen LogP contribution in [0, 0.1) is 6.92 Å². The smallest absolute Gasteiger partial charge is 0.136 e. The lowest BCUT2D eigenvalue weighted by Crippen LogP contribution is -2.07. The van der Waals surface area contributed by atoms with E-state index in [2.05, 4.69) is 76.4 Å². The Kier molecular flexibility index (Phi) is 5.17. The van der Waals surface area contributed by atoms with Crippen molar-refractivity contribution in [2.75, 3.05) is 17.2 Å². The zero-order valence-electron chi connectivity index (χ0n) is 12.9. The third-order valence-corrected chi connectivity index (χ3v) is 3.39. The number of halogens is 1. The van der Waals surface area contributed by atoms with Crippen LogP contribution in [0.3, 0.4) is 0 Å². The van der Waals surface area contributed by atoms with E-state index in [1.54, 1.807) is 0 Å². The Labute approximate surface area is 134 Å². The zero-order valence-corrected chi connectivity index (χ0v) is 14.5. The number of nitrogens with zero attached hydrogens (tertiary/aromatic N) is 2. The van der Waals surface area contributed by atoms with Gasteiger partial charge in [0.05, 0.1) is 0 Å². The van der Waals surface area contributed by atoms with E-state index in [9.17, 15) is 0 Å². The first-order chi connectivity index (χ1) is 9.97. The van der Waals surface area contributed by atoms with Crippen molar-refractivity contribution in [2.24, 2.45) is 0 Å². The normalized spacial score (nSPS) is 10.8. The highest BCUT2D eigenvalue weighted by molar-refractivity contribution is 9.10. The molecule has 0 radical (unpaired) electrons. The third-order valence-electron chi connectivity index (χ3n) is 2.93. The van der Waals surface area contributed by atoms with Gasteiger partial charge in [-0.1, -0.05) is 29.8 Å². The van der Waals surface area contributed by atoms with Gasteiger partial charge >= 0.3 is 0 Å². The summed E-state index contributed by atoms with van der Waals surface area (Å²) < 4.78 is 1.05. The summed E-state index contributed by atoms with van der Waals surface area (Å²) in [5.74, 6) is 2.78. The molecule has 0 spiro atoms. The van der Waals surface area contributed by atoms with Crippen LogP contribution in [0.15, 0.2) is 28.7 Å². The van der Waals surface area contributed by atoms with Crippen LogP contribution in [0.1, 0.15) is 38.1 Å². The molecule has 2 rings (SSSR count). The first kappa shape index (κ1) is 15.8. The molecule has 1 aromatic heterocycles. The molecule has 0 fully saturated rings. The largest absolute Gasteiger partial charge is 0.370 e. The van der Waals surface area contributed by atoms with Gasteiger partial charge in [-0.15, -0.1) is 0 Å². The molecule has 0 aliphatic heterocycles. The molecule has 1 aromatic carbocycles. The number of anilines is 3. The van der Waals surface area contributed by atoms with Gasteiger partial charge in [-0.25, -0.2) is 9.97 Å². The molecular weight excluding hydrogens is 328 g/mol. The average molecular weight is 349 g/mol. The molecule has 0 aliphatic rings. The minimum atomic E-state index is 0.286. The molecule has 0 amide bonds. The van der Waals surface area contributed by atoms with Gasteiger partial charge in [0.2, 0.25) is 0 Å². The molecule has 4 nitrogen and oxygen atoms in total. The monoisotopic (exact) mass is 348 g/mol. The Morgan fingerprint density at radius 3 is 2.43 bits per heavy atom. The summed E-state index contributed by atoms with van der Waals surface area (Å²) in [5, 5.41) is 6.61. The highest BCUT2D eigenvalue weighted by Crippen LogP contribution is 2.24. The van der Waals surface area contributed by atoms with Gasteiger partial charge in [0.15, 0.2) is 0 Å². The Balaban J connectivity index is 2.33. The zero-order chi connectivity index (χ0) is 15.4. The van der Waals surface area contributed by atoms with Crippen LogP contribution in [0.2, 0.25) is 0 Å². The average Bonchev–Trinajstić information content (AvgIpc) is 2.37. The second-order valence-electron chi connectivity index (χ2n) is 5.32. The second kappa shape index (κ2) is 6.89. The van der Waals surface area contributed by atoms with E-state index < -0.39 is 0 Å². The standard InChI is InChI=1S/C16H21BrN4/c1-5-18-14-9-15(21-16(20-14)10(2)3)19-13-7-11(4)6-12(17)8-13/h6-10H,5H2,1-4H3,(H2,18,19,20,21). The highest BCUT2D eigenvalue weighted by atomic mass is 79.9. The number of aryl methyl sites for hydroxylation is 1. The maximum absolute atomic E-state index is 4.59. The molecular formula is C16H21BrN4. The van der Waals surface area contributed by atoms with Gasteiger partial charge in [-0.2, -0.15) is 0 Å². The number of nitrogens with one attached hydrogen (secondary N) is 2. The molecule has 0 saturated heterocycles. The summed E-state index contributed by atoms with van der Waals surface area (Å²) in [5.41, 5.74) is 2.20. The summed E-state index contributed by atoms with van der Waals surface area (Å²) in [4.78, 5) is 9.12. The maximum atomic E-state index is 4.59. The van der Waals surface area contributed by atoms with Crippen molar-refractivity contribution in [3.63, 3.8) is 0 Å². The SMILES string of the molecule is CCNc1cc(Nc2cc(C)cc(Br)c2)nc(C(C)C)n1. The molecule has 2 N–H and O–H groups in total. The van der Waals surface area contributed by atoms with Gasteiger partial charge in [0.1, 0.15) is 17.5 Å². The summed E-state index contributed by atoms with van der Waals surface area (Å²) >= 11 is 3.52. The van der Waals surface area contributed by atoms with E-state index in [0.717, 1.165) is 34.2 Å². The first-order valence-corrected chi connectivity index (χ1v) is 7.94. The van der Waals surface area contributed by atoms with Gasteiger partial charge in [0.25, 0.3) is 0 Å². The fourth-order valence-electron chi connectivity index (χ4n) is 2.02.